The summed E-state index contributed by atoms with van der Waals surface area (Å²) in [7, 11) is 0. The monoisotopic (exact) mass is 616 g/mol. The molecule has 2 aromatic carbocycles. The first kappa shape index (κ1) is 28.7. The fourth-order valence-electron chi connectivity index (χ4n) is 6.01. The van der Waals surface area contributed by atoms with Crippen LogP contribution in [0.2, 0.25) is 0 Å². The molecule has 232 valence electrons. The number of hydrogen-bond acceptors (Lipinski definition) is 8. The molecule has 0 fully saturated rings. The second kappa shape index (κ2) is 12.2. The molecule has 4 amide bonds. The van der Waals surface area contributed by atoms with E-state index in [1.807, 2.05) is 73.3 Å². The Hall–Kier alpha value is -6.04. The van der Waals surface area contributed by atoms with Crippen molar-refractivity contribution in [2.24, 2.45) is 0 Å². The third-order valence-electron chi connectivity index (χ3n) is 8.27. The van der Waals surface area contributed by atoms with Gasteiger partial charge in [-0.05, 0) is 25.0 Å². The number of H-pyrrole nitrogens is 2. The number of amides is 4. The van der Waals surface area contributed by atoms with E-state index in [-0.39, 0.29) is 0 Å². The van der Waals surface area contributed by atoms with E-state index < -0.39 is 23.6 Å². The zero-order valence-corrected chi connectivity index (χ0v) is 24.9. The standard InChI is InChI=1S/C34H32N8O4/c43-31-27(23-19-37-25-9-3-1-7-21(23)25)29(33(45)39-31)35-11-5-13-41-15-17-42(18-16-41)14-6-12-36-30-28(32(44)40-34(30)46)24-20-38-26-10-4-2-8-22(24)26/h1-4,7-10,15-20,37-38H,5-6,11-14H2,(H2,35,39,43,45)(H2,36,40,44,46). The van der Waals surface area contributed by atoms with Gasteiger partial charge in [-0.3, -0.25) is 29.8 Å². The molecule has 3 aliphatic rings. The Bertz CT molecular complexity index is 1860. The molecule has 12 nitrogen and oxygen atoms in total. The number of aromatic amines is 2. The number of nitrogens with zero attached hydrogens (tertiary/aromatic N) is 2. The van der Waals surface area contributed by atoms with Gasteiger partial charge in [-0.1, -0.05) is 36.4 Å². The summed E-state index contributed by atoms with van der Waals surface area (Å²) in [6.45, 7) is 2.47. The molecule has 4 aromatic rings. The van der Waals surface area contributed by atoms with Gasteiger partial charge in [0, 0.05) is 96.3 Å². The maximum Gasteiger partial charge on any atom is 0.275 e. The normalized spacial score (nSPS) is 16.4. The van der Waals surface area contributed by atoms with Crippen molar-refractivity contribution >= 4 is 56.6 Å². The summed E-state index contributed by atoms with van der Waals surface area (Å²) in [6.07, 6.45) is 12.9. The van der Waals surface area contributed by atoms with Crippen LogP contribution in [0.4, 0.5) is 0 Å². The highest BCUT2D eigenvalue weighted by atomic mass is 16.2. The largest absolute Gasteiger partial charge is 0.380 e. The number of rotatable bonds is 12. The highest BCUT2D eigenvalue weighted by Gasteiger charge is 2.33. The van der Waals surface area contributed by atoms with Crippen molar-refractivity contribution in [2.45, 2.75) is 12.8 Å². The minimum atomic E-state index is -0.418. The van der Waals surface area contributed by atoms with Crippen molar-refractivity contribution in [3.63, 3.8) is 0 Å². The molecule has 0 radical (unpaired) electrons. The minimum Gasteiger partial charge on any atom is -0.380 e. The molecule has 0 unspecified atom stereocenters. The van der Waals surface area contributed by atoms with Gasteiger partial charge in [0.15, 0.2) is 0 Å². The number of nitrogens with one attached hydrogen (secondary N) is 6. The zero-order valence-electron chi connectivity index (χ0n) is 24.9. The van der Waals surface area contributed by atoms with E-state index in [1.54, 1.807) is 12.4 Å². The molecular formula is C34H32N8O4. The zero-order chi connectivity index (χ0) is 31.6. The third-order valence-corrected chi connectivity index (χ3v) is 8.27. The van der Waals surface area contributed by atoms with Gasteiger partial charge in [0.1, 0.15) is 11.4 Å². The number of hydrogen-bond donors (Lipinski definition) is 6. The summed E-state index contributed by atoms with van der Waals surface area (Å²) >= 11 is 0. The second-order valence-corrected chi connectivity index (χ2v) is 11.2. The molecule has 0 aliphatic carbocycles. The highest BCUT2D eigenvalue weighted by molar-refractivity contribution is 6.38. The van der Waals surface area contributed by atoms with Crippen LogP contribution in [0.5, 0.6) is 0 Å². The number of fused-ring (bicyclic) bond motifs is 2. The Balaban J connectivity index is 0.887. The van der Waals surface area contributed by atoms with Crippen LogP contribution in [0.25, 0.3) is 33.0 Å². The Morgan fingerprint density at radius 3 is 1.39 bits per heavy atom. The van der Waals surface area contributed by atoms with Crippen LogP contribution in [-0.4, -0.2) is 69.6 Å². The molecule has 6 N–H and O–H groups in total. The average Bonchev–Trinajstić information content (AvgIpc) is 3.81. The maximum absolute atomic E-state index is 12.6. The van der Waals surface area contributed by atoms with Crippen LogP contribution >= 0.6 is 0 Å². The summed E-state index contributed by atoms with van der Waals surface area (Å²) in [6, 6.07) is 15.3. The van der Waals surface area contributed by atoms with E-state index >= 15 is 0 Å². The van der Waals surface area contributed by atoms with E-state index in [0.29, 0.717) is 59.8 Å². The van der Waals surface area contributed by atoms with Gasteiger partial charge in [0.25, 0.3) is 23.6 Å². The lowest BCUT2D eigenvalue weighted by molar-refractivity contribution is -0.125. The minimum absolute atomic E-state index is 0.294. The maximum atomic E-state index is 12.6. The summed E-state index contributed by atoms with van der Waals surface area (Å²) < 4.78 is 0. The molecule has 7 rings (SSSR count). The van der Waals surface area contributed by atoms with Gasteiger partial charge in [-0.15, -0.1) is 0 Å². The third kappa shape index (κ3) is 5.40. The predicted octanol–water partition coefficient (Wildman–Crippen LogP) is 2.60. The first-order valence-corrected chi connectivity index (χ1v) is 15.2. The van der Waals surface area contributed by atoms with Gasteiger partial charge in [-0.2, -0.15) is 0 Å². The van der Waals surface area contributed by atoms with E-state index in [9.17, 15) is 19.2 Å². The number of carbonyl (C=O) groups is 4. The van der Waals surface area contributed by atoms with E-state index in [1.165, 1.54) is 0 Å². The van der Waals surface area contributed by atoms with Crippen molar-refractivity contribution in [3.05, 3.63) is 108 Å². The Labute approximate surface area is 263 Å². The van der Waals surface area contributed by atoms with Crippen LogP contribution in [-0.2, 0) is 19.2 Å². The van der Waals surface area contributed by atoms with Crippen molar-refractivity contribution in [1.29, 1.82) is 0 Å². The van der Waals surface area contributed by atoms with Crippen LogP contribution in [0.1, 0.15) is 24.0 Å². The summed E-state index contributed by atoms with van der Waals surface area (Å²) in [5, 5.41) is 13.0. The topological polar surface area (TPSA) is 154 Å². The molecule has 0 saturated heterocycles. The molecule has 5 heterocycles. The lowest BCUT2D eigenvalue weighted by atomic mass is 10.0. The molecule has 3 aliphatic heterocycles. The van der Waals surface area contributed by atoms with Crippen molar-refractivity contribution in [2.75, 3.05) is 26.2 Å². The number of para-hydroxylation sites is 2. The first-order valence-electron chi connectivity index (χ1n) is 15.2. The second-order valence-electron chi connectivity index (χ2n) is 11.2. The van der Waals surface area contributed by atoms with Gasteiger partial charge >= 0.3 is 0 Å². The van der Waals surface area contributed by atoms with E-state index in [0.717, 1.165) is 34.6 Å². The lowest BCUT2D eigenvalue weighted by Gasteiger charge is -2.25. The summed E-state index contributed by atoms with van der Waals surface area (Å²) in [4.78, 5) is 60.8. The fourth-order valence-corrected chi connectivity index (χ4v) is 6.01. The quantitative estimate of drug-likeness (QED) is 0.105. The van der Waals surface area contributed by atoms with Crippen molar-refractivity contribution < 1.29 is 19.2 Å². The number of benzene rings is 2. The van der Waals surface area contributed by atoms with Gasteiger partial charge in [-0.25, -0.2) is 0 Å². The highest BCUT2D eigenvalue weighted by Crippen LogP contribution is 2.30. The van der Waals surface area contributed by atoms with Gasteiger partial charge < -0.3 is 30.4 Å². The molecule has 2 aromatic heterocycles. The molecule has 46 heavy (non-hydrogen) atoms. The van der Waals surface area contributed by atoms with Crippen LogP contribution < -0.4 is 21.3 Å². The number of carbonyl (C=O) groups excluding carboxylic acids is 4. The Morgan fingerprint density at radius 2 is 0.957 bits per heavy atom. The molecular weight excluding hydrogens is 584 g/mol. The molecule has 0 atom stereocenters. The number of imide groups is 2. The van der Waals surface area contributed by atoms with Crippen molar-refractivity contribution in [1.82, 2.24) is 41.0 Å². The average molecular weight is 617 g/mol. The smallest absolute Gasteiger partial charge is 0.275 e. The van der Waals surface area contributed by atoms with E-state index in [2.05, 4.69) is 41.0 Å². The SMILES string of the molecule is O=C1NC(=O)C(c2c[nH]c3ccccc23)=C1NCCCN1C=CN(CCCNC2=C(c3c[nH]c4ccccc34)C(=O)NC2=O)C=C1. The van der Waals surface area contributed by atoms with E-state index in [4.69, 9.17) is 0 Å². The summed E-state index contributed by atoms with van der Waals surface area (Å²) in [5.74, 6) is -1.64. The van der Waals surface area contributed by atoms with Gasteiger partial charge in [0.2, 0.25) is 0 Å². The first-order chi connectivity index (χ1) is 22.5. The van der Waals surface area contributed by atoms with Crippen LogP contribution in [0, 0.1) is 0 Å². The van der Waals surface area contributed by atoms with Gasteiger partial charge in [0.05, 0.1) is 11.1 Å². The molecule has 0 spiro atoms. The van der Waals surface area contributed by atoms with Crippen LogP contribution in [0.3, 0.4) is 0 Å². The summed E-state index contributed by atoms with van der Waals surface area (Å²) in [5.41, 5.74) is 4.50. The molecule has 0 saturated carbocycles. The van der Waals surface area contributed by atoms with Crippen LogP contribution in [0.15, 0.2) is 97.1 Å². The van der Waals surface area contributed by atoms with Crippen molar-refractivity contribution in [3.8, 4) is 0 Å². The molecule has 12 heteroatoms. The Morgan fingerprint density at radius 1 is 0.543 bits per heavy atom. The number of aromatic nitrogens is 2. The molecule has 0 bridgehead atoms. The lowest BCUT2D eigenvalue weighted by Crippen LogP contribution is -2.29. The predicted molar refractivity (Wildman–Crippen MR) is 174 cm³/mol. The Kier molecular flexibility index (Phi) is 7.59. The fraction of sp³-hybridized carbons (Fsp3) is 0.176.